The minimum absolute atomic E-state index is 0. The van der Waals surface area contributed by atoms with E-state index in [0.29, 0.717) is 10.8 Å². The Bertz CT molecular complexity index is 340. The van der Waals surface area contributed by atoms with Crippen molar-refractivity contribution in [2.24, 2.45) is 46.3 Å². The van der Waals surface area contributed by atoms with Gasteiger partial charge in [0.15, 0.2) is 0 Å². The molecule has 0 aromatic heterocycles. The second-order valence-corrected chi connectivity index (χ2v) is 9.40. The molecule has 6 atom stereocenters. The third kappa shape index (κ3) is 4.05. The van der Waals surface area contributed by atoms with Crippen molar-refractivity contribution in [2.75, 3.05) is 0 Å². The Balaban J connectivity index is 0.000000372. The molecule has 6 rings (SSSR count). The molecule has 0 aromatic rings. The Morgan fingerprint density at radius 1 is 0.652 bits per heavy atom. The molecule has 6 saturated carbocycles. The molecule has 3 heteroatoms. The molecule has 0 aliphatic heterocycles. The summed E-state index contributed by atoms with van der Waals surface area (Å²) >= 11 is 0. The molecule has 0 spiro atoms. The first-order valence-electron chi connectivity index (χ1n) is 8.90. The van der Waals surface area contributed by atoms with E-state index < -0.39 is 0 Å². The van der Waals surface area contributed by atoms with E-state index in [1.807, 2.05) is 0 Å². The van der Waals surface area contributed by atoms with Crippen molar-refractivity contribution in [3.63, 3.8) is 0 Å². The molecule has 0 unspecified atom stereocenters. The van der Waals surface area contributed by atoms with Crippen LogP contribution < -0.4 is 24.8 Å². The van der Waals surface area contributed by atoms with E-state index in [0.717, 1.165) is 35.5 Å². The van der Waals surface area contributed by atoms with E-state index in [2.05, 4.69) is 41.5 Å². The molecule has 0 saturated heterocycles. The van der Waals surface area contributed by atoms with Crippen LogP contribution in [0, 0.1) is 60.2 Å². The molecule has 0 amide bonds. The van der Waals surface area contributed by atoms with Gasteiger partial charge in [-0.05, 0) is 98.7 Å². The van der Waals surface area contributed by atoms with Gasteiger partial charge in [-0.2, -0.15) is 0 Å². The number of hydrogen-bond donors (Lipinski definition) is 0. The van der Waals surface area contributed by atoms with E-state index in [9.17, 15) is 0 Å². The van der Waals surface area contributed by atoms with Crippen LogP contribution in [0.1, 0.15) is 66.2 Å². The fourth-order valence-corrected chi connectivity index (χ4v) is 5.93. The maximum absolute atomic E-state index is 4.21. The largest absolute Gasteiger partial charge is 2.00 e. The normalized spacial score (nSPS) is 43.6. The van der Waals surface area contributed by atoms with Crippen molar-refractivity contribution in [1.29, 1.82) is 0 Å². The minimum Gasteiger partial charge on any atom is -1.00 e. The zero-order valence-corrected chi connectivity index (χ0v) is 19.7. The van der Waals surface area contributed by atoms with Crippen LogP contribution in [0.4, 0.5) is 0 Å². The summed E-state index contributed by atoms with van der Waals surface area (Å²) in [4.78, 5) is 0. The maximum Gasteiger partial charge on any atom is 2.00 e. The van der Waals surface area contributed by atoms with Crippen molar-refractivity contribution in [3.8, 4) is 0 Å². The van der Waals surface area contributed by atoms with Gasteiger partial charge in [0.05, 0.1) is 0 Å². The van der Waals surface area contributed by atoms with Gasteiger partial charge in [0.25, 0.3) is 0 Å². The summed E-state index contributed by atoms with van der Waals surface area (Å²) < 4.78 is 0. The van der Waals surface area contributed by atoms with Crippen molar-refractivity contribution in [2.45, 2.75) is 66.2 Å². The van der Waals surface area contributed by atoms with Crippen LogP contribution in [0.15, 0.2) is 0 Å². The molecular weight excluding hydrogens is 430 g/mol. The van der Waals surface area contributed by atoms with Gasteiger partial charge in [-0.1, -0.05) is 27.7 Å². The van der Waals surface area contributed by atoms with Gasteiger partial charge in [-0.15, -0.1) is 0 Å². The first kappa shape index (κ1) is 24.4. The van der Waals surface area contributed by atoms with E-state index in [-0.39, 0.29) is 48.7 Å². The molecule has 0 N–H and O–H groups in total. The molecule has 4 bridgehead atoms. The van der Waals surface area contributed by atoms with Crippen LogP contribution in [-0.4, -0.2) is 23.9 Å². The van der Waals surface area contributed by atoms with Crippen LogP contribution in [0.2, 0.25) is 0 Å². The molecule has 23 heavy (non-hydrogen) atoms. The number of hydrogen-bond acceptors (Lipinski definition) is 0. The Labute approximate surface area is 174 Å². The molecule has 6 aliphatic carbocycles. The second-order valence-electron chi connectivity index (χ2n) is 9.40. The third-order valence-corrected chi connectivity index (χ3v) is 8.00. The zero-order chi connectivity index (χ0) is 14.7. The van der Waals surface area contributed by atoms with Crippen LogP contribution >= 0.6 is 0 Å². The Morgan fingerprint density at radius 2 is 0.957 bits per heavy atom. The summed E-state index contributed by atoms with van der Waals surface area (Å²) in [6, 6.07) is 0. The number of halogens is 2. The predicted octanol–water partition coefficient (Wildman–Crippen LogP) is -0.587. The maximum atomic E-state index is 4.21. The minimum atomic E-state index is 0. The van der Waals surface area contributed by atoms with Gasteiger partial charge in [-0.25, -0.2) is 0 Å². The monoisotopic (exact) mass is 464 g/mol. The van der Waals surface area contributed by atoms with Crippen molar-refractivity contribution >= 4 is 23.9 Å². The molecule has 6 fully saturated rings. The molecular formula is C20H34Cl2Sn. The van der Waals surface area contributed by atoms with Crippen molar-refractivity contribution < 1.29 is 24.8 Å². The summed E-state index contributed by atoms with van der Waals surface area (Å²) in [6.45, 7) is 18.1. The van der Waals surface area contributed by atoms with E-state index in [1.54, 1.807) is 0 Å². The summed E-state index contributed by atoms with van der Waals surface area (Å²) in [7, 11) is 0. The second kappa shape index (κ2) is 8.38. The Morgan fingerprint density at radius 3 is 1.09 bits per heavy atom. The molecule has 0 nitrogen and oxygen atoms in total. The summed E-state index contributed by atoms with van der Waals surface area (Å²) in [6.07, 6.45) is 8.61. The summed E-state index contributed by atoms with van der Waals surface area (Å²) in [5.41, 5.74) is 1.29. The zero-order valence-electron chi connectivity index (χ0n) is 15.4. The first-order chi connectivity index (χ1) is 9.24. The molecule has 0 heterocycles. The fourth-order valence-electron chi connectivity index (χ4n) is 5.93. The van der Waals surface area contributed by atoms with E-state index >= 15 is 0 Å². The average Bonchev–Trinajstić information content (AvgIpc) is 2.38. The van der Waals surface area contributed by atoms with Gasteiger partial charge in [0.2, 0.25) is 0 Å². The van der Waals surface area contributed by atoms with Gasteiger partial charge in [-0.3, -0.25) is 0 Å². The molecule has 4 radical (unpaired) electrons. The van der Waals surface area contributed by atoms with Crippen LogP contribution in [-0.2, 0) is 0 Å². The quantitative estimate of drug-likeness (QED) is 0.421. The van der Waals surface area contributed by atoms with Crippen LogP contribution in [0.25, 0.3) is 0 Å². The topological polar surface area (TPSA) is 0 Å². The molecule has 132 valence electrons. The van der Waals surface area contributed by atoms with Crippen LogP contribution in [0.5, 0.6) is 0 Å². The molecule has 0 aromatic carbocycles. The van der Waals surface area contributed by atoms with Gasteiger partial charge >= 0.3 is 23.9 Å². The number of fused-ring (bicyclic) bond motifs is 4. The van der Waals surface area contributed by atoms with E-state index in [4.69, 9.17) is 0 Å². The van der Waals surface area contributed by atoms with Gasteiger partial charge < -0.3 is 24.8 Å². The Kier molecular flexibility index (Phi) is 8.88. The van der Waals surface area contributed by atoms with Gasteiger partial charge in [0.1, 0.15) is 0 Å². The third-order valence-electron chi connectivity index (χ3n) is 8.00. The van der Waals surface area contributed by atoms with Gasteiger partial charge in [0, 0.05) is 0 Å². The summed E-state index contributed by atoms with van der Waals surface area (Å²) in [5.74, 6) is 5.50. The SMILES string of the molecule is [CH2][C@H]1CC[C@@H]2C[C@H]1C2(C)C.[CH2][C@H]1CC[C@@H]2C[C@H]1C2(C)C.[Cl-].[Cl-].[Sn+2]. The Hall–Kier alpha value is 1.38. The smallest absolute Gasteiger partial charge is 1.00 e. The predicted molar refractivity (Wildman–Crippen MR) is 92.7 cm³/mol. The van der Waals surface area contributed by atoms with E-state index in [1.165, 1.54) is 38.5 Å². The molecule has 6 aliphatic rings. The summed E-state index contributed by atoms with van der Waals surface area (Å²) in [5, 5.41) is 0. The fraction of sp³-hybridized carbons (Fsp3) is 0.900. The van der Waals surface area contributed by atoms with Crippen molar-refractivity contribution in [3.05, 3.63) is 13.8 Å². The average molecular weight is 464 g/mol. The standard InChI is InChI=1S/2C10H17.2ClH.Sn/c2*1-7-4-5-8-6-9(7)10(8,2)3;;;/h2*7-9H,1,4-6H2,2-3H3;2*1H;/q;;;;+2/p-2/t2*7-,8+,9+;;;/m00.../s1. The van der Waals surface area contributed by atoms with Crippen LogP contribution in [0.3, 0.4) is 0 Å². The number of rotatable bonds is 0. The first-order valence-corrected chi connectivity index (χ1v) is 8.90. The van der Waals surface area contributed by atoms with Crippen molar-refractivity contribution in [1.82, 2.24) is 0 Å².